The highest BCUT2D eigenvalue weighted by Crippen LogP contribution is 2.41. The van der Waals surface area contributed by atoms with Crippen molar-refractivity contribution in [1.29, 1.82) is 0 Å². The molecule has 0 atom stereocenters. The van der Waals surface area contributed by atoms with Gasteiger partial charge in [-0.05, 0) is 44.7 Å². The second-order valence-electron chi connectivity index (χ2n) is 9.20. The summed E-state index contributed by atoms with van der Waals surface area (Å²) >= 11 is 1.62. The van der Waals surface area contributed by atoms with Gasteiger partial charge in [0.15, 0.2) is 6.61 Å². The molecule has 184 valence electrons. The second-order valence-corrected chi connectivity index (χ2v) is 10.3. The molecule has 2 amide bonds. The van der Waals surface area contributed by atoms with E-state index in [1.165, 1.54) is 0 Å². The highest BCUT2D eigenvalue weighted by atomic mass is 32.1. The van der Waals surface area contributed by atoms with E-state index in [4.69, 9.17) is 14.5 Å². The number of fused-ring (bicyclic) bond motifs is 1. The Bertz CT molecular complexity index is 976. The van der Waals surface area contributed by atoms with Crippen molar-refractivity contribution in [2.45, 2.75) is 64.3 Å². The molecule has 2 heterocycles. The first-order valence-corrected chi connectivity index (χ1v) is 13.0. The van der Waals surface area contributed by atoms with Crippen LogP contribution in [-0.4, -0.2) is 60.2 Å². The van der Waals surface area contributed by atoms with E-state index in [9.17, 15) is 14.4 Å². The van der Waals surface area contributed by atoms with Crippen molar-refractivity contribution >= 4 is 39.5 Å². The van der Waals surface area contributed by atoms with Crippen LogP contribution in [0.25, 0.3) is 10.2 Å². The van der Waals surface area contributed by atoms with Crippen molar-refractivity contribution < 1.29 is 23.9 Å². The van der Waals surface area contributed by atoms with Crippen molar-refractivity contribution in [2.24, 2.45) is 5.41 Å². The fourth-order valence-corrected chi connectivity index (χ4v) is 6.05. The van der Waals surface area contributed by atoms with Gasteiger partial charge in [0.25, 0.3) is 5.91 Å². The summed E-state index contributed by atoms with van der Waals surface area (Å²) in [5.74, 6) is -0.590. The van der Waals surface area contributed by atoms with E-state index < -0.39 is 5.41 Å². The van der Waals surface area contributed by atoms with E-state index >= 15 is 0 Å². The zero-order valence-electron chi connectivity index (χ0n) is 19.7. The molecule has 1 aromatic carbocycles. The standard InChI is InChI=1S/C25H33N3O5S/c1-2-32-24(31)28-14-10-18(11-15-28)26-21(29)17-33-23(30)25(12-6-3-7-13-25)16-22-27-19-8-4-5-9-20(19)34-22/h4-5,8-9,18H,2-3,6-7,10-17H2,1H3,(H,26,29). The number of nitrogens with one attached hydrogen (secondary N) is 1. The zero-order chi connectivity index (χ0) is 24.0. The molecule has 8 nitrogen and oxygen atoms in total. The number of esters is 1. The maximum absolute atomic E-state index is 13.2. The van der Waals surface area contributed by atoms with Crippen LogP contribution < -0.4 is 5.32 Å². The molecule has 1 aromatic heterocycles. The molecule has 9 heteroatoms. The SMILES string of the molecule is CCOC(=O)N1CCC(NC(=O)COC(=O)C2(Cc3nc4ccccc4s3)CCCCC2)CC1. The maximum Gasteiger partial charge on any atom is 0.409 e. The Morgan fingerprint density at radius 2 is 1.85 bits per heavy atom. The van der Waals surface area contributed by atoms with Gasteiger partial charge in [-0.3, -0.25) is 9.59 Å². The summed E-state index contributed by atoms with van der Waals surface area (Å²) in [6, 6.07) is 7.96. The number of para-hydroxylation sites is 1. The van der Waals surface area contributed by atoms with E-state index in [0.717, 1.165) is 47.3 Å². The third-order valence-corrected chi connectivity index (χ3v) is 7.83. The largest absolute Gasteiger partial charge is 0.455 e. The molecular formula is C25H33N3O5S. The van der Waals surface area contributed by atoms with Crippen LogP contribution in [0.3, 0.4) is 0 Å². The molecule has 0 bridgehead atoms. The highest BCUT2D eigenvalue weighted by molar-refractivity contribution is 7.18. The van der Waals surface area contributed by atoms with Crippen LogP contribution in [0.15, 0.2) is 24.3 Å². The molecule has 2 fully saturated rings. The molecule has 1 N–H and O–H groups in total. The molecule has 0 unspecified atom stereocenters. The van der Waals surface area contributed by atoms with Gasteiger partial charge in [-0.15, -0.1) is 11.3 Å². The van der Waals surface area contributed by atoms with E-state index in [1.807, 2.05) is 24.3 Å². The third-order valence-electron chi connectivity index (χ3n) is 6.79. The van der Waals surface area contributed by atoms with E-state index in [0.29, 0.717) is 39.0 Å². The van der Waals surface area contributed by atoms with Crippen LogP contribution in [0.2, 0.25) is 0 Å². The van der Waals surface area contributed by atoms with Gasteiger partial charge in [0.2, 0.25) is 0 Å². The first kappa shape index (κ1) is 24.4. The second kappa shape index (κ2) is 11.2. The van der Waals surface area contributed by atoms with E-state index in [2.05, 4.69) is 5.32 Å². The van der Waals surface area contributed by atoms with Crippen molar-refractivity contribution in [3.8, 4) is 0 Å². The number of carbonyl (C=O) groups is 3. The first-order valence-electron chi connectivity index (χ1n) is 12.2. The molecule has 2 aromatic rings. The Morgan fingerprint density at radius 1 is 1.12 bits per heavy atom. The molecule has 2 aliphatic rings. The third kappa shape index (κ3) is 5.87. The van der Waals surface area contributed by atoms with Gasteiger partial charge in [-0.2, -0.15) is 0 Å². The number of thiazole rings is 1. The Morgan fingerprint density at radius 3 is 2.56 bits per heavy atom. The van der Waals surface area contributed by atoms with Gasteiger partial charge in [0, 0.05) is 25.6 Å². The van der Waals surface area contributed by atoms with Gasteiger partial charge in [0.05, 0.1) is 27.2 Å². The number of likely N-dealkylation sites (tertiary alicyclic amines) is 1. The van der Waals surface area contributed by atoms with Crippen LogP contribution in [-0.2, 0) is 25.5 Å². The average molecular weight is 488 g/mol. The number of nitrogens with zero attached hydrogens (tertiary/aromatic N) is 2. The topological polar surface area (TPSA) is 97.8 Å². The summed E-state index contributed by atoms with van der Waals surface area (Å²) in [5.41, 5.74) is 0.340. The number of hydrogen-bond donors (Lipinski definition) is 1. The summed E-state index contributed by atoms with van der Waals surface area (Å²) < 4.78 is 11.7. The van der Waals surface area contributed by atoms with Crippen LogP contribution in [0.5, 0.6) is 0 Å². The number of ether oxygens (including phenoxy) is 2. The Hall–Kier alpha value is -2.68. The lowest BCUT2D eigenvalue weighted by atomic mass is 9.72. The number of carbonyl (C=O) groups excluding carboxylic acids is 3. The molecule has 1 saturated carbocycles. The van der Waals surface area contributed by atoms with Crippen LogP contribution in [0.4, 0.5) is 4.79 Å². The average Bonchev–Trinajstić information content (AvgIpc) is 3.25. The minimum atomic E-state index is -0.614. The van der Waals surface area contributed by atoms with Gasteiger partial charge in [-0.1, -0.05) is 31.4 Å². The monoisotopic (exact) mass is 487 g/mol. The summed E-state index contributed by atoms with van der Waals surface area (Å²) in [6.45, 7) is 2.92. The molecule has 0 radical (unpaired) electrons. The smallest absolute Gasteiger partial charge is 0.409 e. The Labute approximate surface area is 204 Å². The number of benzene rings is 1. The van der Waals surface area contributed by atoms with Crippen molar-refractivity contribution in [3.05, 3.63) is 29.3 Å². The number of amides is 2. The molecule has 1 aliphatic carbocycles. The van der Waals surface area contributed by atoms with Crippen molar-refractivity contribution in [1.82, 2.24) is 15.2 Å². The van der Waals surface area contributed by atoms with E-state index in [-0.39, 0.29) is 30.6 Å². The van der Waals surface area contributed by atoms with Crippen LogP contribution >= 0.6 is 11.3 Å². The predicted molar refractivity (Wildman–Crippen MR) is 130 cm³/mol. The maximum atomic E-state index is 13.2. The Kier molecular flexibility index (Phi) is 8.03. The van der Waals surface area contributed by atoms with Gasteiger partial charge in [-0.25, -0.2) is 9.78 Å². The summed E-state index contributed by atoms with van der Waals surface area (Å²) in [7, 11) is 0. The zero-order valence-corrected chi connectivity index (χ0v) is 20.5. The fourth-order valence-electron chi connectivity index (χ4n) is 4.94. The summed E-state index contributed by atoms with van der Waals surface area (Å²) in [4.78, 5) is 43.9. The molecule has 4 rings (SSSR count). The lowest BCUT2D eigenvalue weighted by Crippen LogP contribution is -2.48. The lowest BCUT2D eigenvalue weighted by Gasteiger charge is -2.34. The number of rotatable bonds is 7. The molecule has 34 heavy (non-hydrogen) atoms. The minimum absolute atomic E-state index is 0.0386. The molecule has 0 spiro atoms. The van der Waals surface area contributed by atoms with Crippen LogP contribution in [0.1, 0.15) is 56.9 Å². The normalized spacial score (nSPS) is 18.4. The van der Waals surface area contributed by atoms with Crippen molar-refractivity contribution in [3.63, 3.8) is 0 Å². The van der Waals surface area contributed by atoms with E-state index in [1.54, 1.807) is 23.2 Å². The quantitative estimate of drug-likeness (QED) is 0.591. The number of piperidine rings is 1. The molecule has 1 saturated heterocycles. The fraction of sp³-hybridized carbons (Fsp3) is 0.600. The predicted octanol–water partition coefficient (Wildman–Crippen LogP) is 4.07. The Balaban J connectivity index is 1.30. The summed E-state index contributed by atoms with van der Waals surface area (Å²) in [6.07, 6.45) is 6.13. The minimum Gasteiger partial charge on any atom is -0.455 e. The van der Waals surface area contributed by atoms with Crippen LogP contribution in [0, 0.1) is 5.41 Å². The number of hydrogen-bond acceptors (Lipinski definition) is 7. The summed E-state index contributed by atoms with van der Waals surface area (Å²) in [5, 5.41) is 3.89. The van der Waals surface area contributed by atoms with Gasteiger partial charge >= 0.3 is 12.1 Å². The lowest BCUT2D eigenvalue weighted by molar-refractivity contribution is -0.161. The molecule has 1 aliphatic heterocycles. The molecular weight excluding hydrogens is 454 g/mol. The number of aromatic nitrogens is 1. The first-order chi connectivity index (χ1) is 16.5. The highest BCUT2D eigenvalue weighted by Gasteiger charge is 2.42. The van der Waals surface area contributed by atoms with Gasteiger partial charge < -0.3 is 19.7 Å². The van der Waals surface area contributed by atoms with Gasteiger partial charge in [0.1, 0.15) is 0 Å². The van der Waals surface area contributed by atoms with Crippen molar-refractivity contribution in [2.75, 3.05) is 26.3 Å².